The molecule has 0 radical (unpaired) electrons. The van der Waals surface area contributed by atoms with Crippen molar-refractivity contribution < 1.29 is 19.0 Å². The first-order valence-electron chi connectivity index (χ1n) is 9.82. The van der Waals surface area contributed by atoms with E-state index in [0.29, 0.717) is 28.8 Å². The molecule has 0 bridgehead atoms. The van der Waals surface area contributed by atoms with Gasteiger partial charge in [-0.3, -0.25) is 4.79 Å². The van der Waals surface area contributed by atoms with Gasteiger partial charge < -0.3 is 24.1 Å². The molecule has 0 unspecified atom stereocenters. The number of fused-ring (bicyclic) bond motifs is 1. The number of anilines is 1. The van der Waals surface area contributed by atoms with E-state index in [9.17, 15) is 4.79 Å². The van der Waals surface area contributed by atoms with Crippen molar-refractivity contribution in [2.45, 2.75) is 13.2 Å². The summed E-state index contributed by atoms with van der Waals surface area (Å²) < 4.78 is 18.5. The minimum absolute atomic E-state index is 0.0865. The lowest BCUT2D eigenvalue weighted by molar-refractivity contribution is -0.116. The first kappa shape index (κ1) is 20.3. The molecule has 1 heterocycles. The van der Waals surface area contributed by atoms with E-state index in [4.69, 9.17) is 14.2 Å². The lowest BCUT2D eigenvalue weighted by Crippen LogP contribution is -2.21. The summed E-state index contributed by atoms with van der Waals surface area (Å²) in [4.78, 5) is 17.5. The van der Waals surface area contributed by atoms with Crippen molar-refractivity contribution in [1.82, 2.24) is 9.55 Å². The summed E-state index contributed by atoms with van der Waals surface area (Å²) >= 11 is 0. The van der Waals surface area contributed by atoms with Gasteiger partial charge in [-0.2, -0.15) is 0 Å². The number of rotatable bonds is 8. The van der Waals surface area contributed by atoms with Crippen LogP contribution in [0.4, 0.5) is 5.69 Å². The molecule has 158 valence electrons. The van der Waals surface area contributed by atoms with E-state index in [2.05, 4.69) is 10.3 Å². The van der Waals surface area contributed by atoms with Crippen LogP contribution >= 0.6 is 0 Å². The standard InChI is InChI=1S/C24H23N3O4/c1-29-20-12-6-4-10-18(20)26-24(28)15-27-19-11-5-3-9-17(19)25-23(27)16-31-22-14-8-7-13-21(22)30-2/h3-14H,15-16H2,1-2H3,(H,26,28). The Kier molecular flexibility index (Phi) is 6.03. The van der Waals surface area contributed by atoms with Gasteiger partial charge in [0.25, 0.3) is 0 Å². The van der Waals surface area contributed by atoms with E-state index >= 15 is 0 Å². The van der Waals surface area contributed by atoms with Gasteiger partial charge in [-0.25, -0.2) is 4.98 Å². The molecule has 0 saturated carbocycles. The summed E-state index contributed by atoms with van der Waals surface area (Å²) in [5.41, 5.74) is 2.27. The fraction of sp³-hybridized carbons (Fsp3) is 0.167. The fourth-order valence-corrected chi connectivity index (χ4v) is 3.37. The van der Waals surface area contributed by atoms with Crippen LogP contribution in [0.5, 0.6) is 17.2 Å². The molecule has 0 aliphatic heterocycles. The van der Waals surface area contributed by atoms with Gasteiger partial charge >= 0.3 is 0 Å². The Labute approximate surface area is 180 Å². The molecule has 31 heavy (non-hydrogen) atoms. The van der Waals surface area contributed by atoms with Crippen molar-refractivity contribution in [2.24, 2.45) is 0 Å². The monoisotopic (exact) mass is 417 g/mol. The maximum absolute atomic E-state index is 12.8. The molecule has 4 aromatic rings. The summed E-state index contributed by atoms with van der Waals surface area (Å²) in [6.07, 6.45) is 0. The van der Waals surface area contributed by atoms with E-state index in [1.165, 1.54) is 0 Å². The Morgan fingerprint density at radius 2 is 1.52 bits per heavy atom. The van der Waals surface area contributed by atoms with E-state index in [-0.39, 0.29) is 19.1 Å². The maximum Gasteiger partial charge on any atom is 0.244 e. The highest BCUT2D eigenvalue weighted by atomic mass is 16.5. The van der Waals surface area contributed by atoms with Gasteiger partial charge in [0.05, 0.1) is 30.9 Å². The first-order chi connectivity index (χ1) is 15.2. The van der Waals surface area contributed by atoms with Gasteiger partial charge in [0, 0.05) is 0 Å². The topological polar surface area (TPSA) is 74.6 Å². The number of imidazole rings is 1. The molecule has 0 saturated heterocycles. The molecule has 1 N–H and O–H groups in total. The van der Waals surface area contributed by atoms with Gasteiger partial charge in [-0.1, -0.05) is 36.4 Å². The number of aromatic nitrogens is 2. The minimum Gasteiger partial charge on any atom is -0.495 e. The number of carbonyl (C=O) groups is 1. The fourth-order valence-electron chi connectivity index (χ4n) is 3.37. The Hall–Kier alpha value is -4.00. The molecule has 0 aliphatic rings. The average molecular weight is 417 g/mol. The second-order valence-electron chi connectivity index (χ2n) is 6.79. The zero-order chi connectivity index (χ0) is 21.6. The zero-order valence-electron chi connectivity index (χ0n) is 17.4. The smallest absolute Gasteiger partial charge is 0.244 e. The number of benzene rings is 3. The summed E-state index contributed by atoms with van der Waals surface area (Å²) in [7, 11) is 3.17. The lowest BCUT2D eigenvalue weighted by atomic mass is 10.3. The predicted molar refractivity (Wildman–Crippen MR) is 119 cm³/mol. The molecule has 0 fully saturated rings. The van der Waals surface area contributed by atoms with Gasteiger partial charge in [-0.15, -0.1) is 0 Å². The van der Waals surface area contributed by atoms with E-state index in [0.717, 1.165) is 11.0 Å². The summed E-state index contributed by atoms with van der Waals surface area (Å²) in [6.45, 7) is 0.278. The van der Waals surface area contributed by atoms with Crippen LogP contribution in [0.3, 0.4) is 0 Å². The maximum atomic E-state index is 12.8. The SMILES string of the molecule is COc1ccccc1NC(=O)Cn1c(COc2ccccc2OC)nc2ccccc21. The molecule has 1 aromatic heterocycles. The van der Waals surface area contributed by atoms with E-state index in [1.807, 2.05) is 65.2 Å². The highest BCUT2D eigenvalue weighted by molar-refractivity contribution is 5.93. The van der Waals surface area contributed by atoms with Crippen LogP contribution in [0.15, 0.2) is 72.8 Å². The second kappa shape index (κ2) is 9.21. The number of methoxy groups -OCH3 is 2. The number of hydrogen-bond acceptors (Lipinski definition) is 5. The summed E-state index contributed by atoms with van der Waals surface area (Å²) in [6, 6.07) is 22.4. The van der Waals surface area contributed by atoms with Gasteiger partial charge in [0.1, 0.15) is 24.7 Å². The molecule has 4 rings (SSSR count). The molecule has 0 spiro atoms. The Morgan fingerprint density at radius 3 is 2.29 bits per heavy atom. The molecule has 0 atom stereocenters. The van der Waals surface area contributed by atoms with Crippen LogP contribution in [-0.4, -0.2) is 29.7 Å². The van der Waals surface area contributed by atoms with Crippen LogP contribution in [0, 0.1) is 0 Å². The molecule has 7 heteroatoms. The molecule has 1 amide bonds. The number of hydrogen-bond donors (Lipinski definition) is 1. The Morgan fingerprint density at radius 1 is 0.871 bits per heavy atom. The van der Waals surface area contributed by atoms with Crippen LogP contribution < -0.4 is 19.5 Å². The third-order valence-corrected chi connectivity index (χ3v) is 4.84. The third kappa shape index (κ3) is 4.45. The Bertz CT molecular complexity index is 1200. The molecule has 3 aromatic carbocycles. The quantitative estimate of drug-likeness (QED) is 0.463. The third-order valence-electron chi connectivity index (χ3n) is 4.84. The number of carbonyl (C=O) groups excluding carboxylic acids is 1. The largest absolute Gasteiger partial charge is 0.495 e. The molecule has 0 aliphatic carbocycles. The minimum atomic E-state index is -0.189. The number of amides is 1. The molecule has 7 nitrogen and oxygen atoms in total. The lowest BCUT2D eigenvalue weighted by Gasteiger charge is -2.13. The van der Waals surface area contributed by atoms with Gasteiger partial charge in [0.2, 0.25) is 5.91 Å². The second-order valence-corrected chi connectivity index (χ2v) is 6.79. The Balaban J connectivity index is 1.58. The summed E-state index contributed by atoms with van der Waals surface area (Å²) in [5, 5.41) is 2.91. The van der Waals surface area contributed by atoms with Crippen LogP contribution in [0.25, 0.3) is 11.0 Å². The van der Waals surface area contributed by atoms with Crippen molar-refractivity contribution >= 4 is 22.6 Å². The predicted octanol–water partition coefficient (Wildman–Crippen LogP) is 4.27. The van der Waals surface area contributed by atoms with Gasteiger partial charge in [-0.05, 0) is 36.4 Å². The van der Waals surface area contributed by atoms with Crippen LogP contribution in [-0.2, 0) is 17.9 Å². The number of nitrogens with one attached hydrogen (secondary N) is 1. The van der Waals surface area contributed by atoms with Crippen LogP contribution in [0.2, 0.25) is 0 Å². The van der Waals surface area contributed by atoms with E-state index in [1.54, 1.807) is 26.4 Å². The first-order valence-corrected chi connectivity index (χ1v) is 9.82. The number of para-hydroxylation sites is 6. The van der Waals surface area contributed by atoms with Crippen molar-refractivity contribution in [2.75, 3.05) is 19.5 Å². The number of nitrogens with zero attached hydrogens (tertiary/aromatic N) is 2. The molecular weight excluding hydrogens is 394 g/mol. The zero-order valence-corrected chi connectivity index (χ0v) is 17.4. The van der Waals surface area contributed by atoms with Crippen molar-refractivity contribution in [3.63, 3.8) is 0 Å². The van der Waals surface area contributed by atoms with E-state index < -0.39 is 0 Å². The number of ether oxygens (including phenoxy) is 3. The van der Waals surface area contributed by atoms with Crippen molar-refractivity contribution in [3.05, 3.63) is 78.6 Å². The average Bonchev–Trinajstić information content (AvgIpc) is 3.15. The highest BCUT2D eigenvalue weighted by Gasteiger charge is 2.16. The van der Waals surface area contributed by atoms with Crippen molar-refractivity contribution in [1.29, 1.82) is 0 Å². The summed E-state index contributed by atoms with van der Waals surface area (Å²) in [5.74, 6) is 2.31. The van der Waals surface area contributed by atoms with Crippen LogP contribution in [0.1, 0.15) is 5.82 Å². The van der Waals surface area contributed by atoms with Crippen molar-refractivity contribution in [3.8, 4) is 17.2 Å². The normalized spacial score (nSPS) is 10.6. The highest BCUT2D eigenvalue weighted by Crippen LogP contribution is 2.27. The van der Waals surface area contributed by atoms with Gasteiger partial charge in [0.15, 0.2) is 11.5 Å². The molecular formula is C24H23N3O4.